The smallest absolute Gasteiger partial charge is 0.258 e. The van der Waals surface area contributed by atoms with Crippen molar-refractivity contribution in [1.82, 2.24) is 5.32 Å². The van der Waals surface area contributed by atoms with Gasteiger partial charge in [-0.2, -0.15) is 0 Å². The zero-order chi connectivity index (χ0) is 19.3. The first kappa shape index (κ1) is 19.6. The number of aryl methyl sites for hydroxylation is 2. The fourth-order valence-corrected chi connectivity index (χ4v) is 2.83. The van der Waals surface area contributed by atoms with Gasteiger partial charge in [-0.3, -0.25) is 4.79 Å². The van der Waals surface area contributed by atoms with Gasteiger partial charge in [0.05, 0.1) is 20.3 Å². The number of rotatable bonds is 7. The molecule has 0 saturated heterocycles. The van der Waals surface area contributed by atoms with Crippen molar-refractivity contribution in [2.75, 3.05) is 20.8 Å². The molecule has 26 heavy (non-hydrogen) atoms. The van der Waals surface area contributed by atoms with Crippen LogP contribution in [-0.2, 0) is 4.79 Å². The number of ether oxygens (including phenoxy) is 3. The molecule has 0 spiro atoms. The molecule has 0 fully saturated rings. The number of hydrogen-bond donors (Lipinski definition) is 1. The number of carbonyl (C=O) groups excluding carboxylic acids is 1. The summed E-state index contributed by atoms with van der Waals surface area (Å²) in [5, 5.41) is 2.94. The summed E-state index contributed by atoms with van der Waals surface area (Å²) in [5.41, 5.74) is 4.15. The minimum atomic E-state index is -0.239. The molecule has 2 aromatic rings. The topological polar surface area (TPSA) is 56.8 Å². The Bertz CT molecular complexity index is 786. The molecule has 0 aliphatic heterocycles. The van der Waals surface area contributed by atoms with Gasteiger partial charge in [0.15, 0.2) is 6.61 Å². The maximum atomic E-state index is 12.3. The van der Waals surface area contributed by atoms with Crippen LogP contribution in [0.25, 0.3) is 0 Å². The highest BCUT2D eigenvalue weighted by Crippen LogP contribution is 2.29. The van der Waals surface area contributed by atoms with Crippen LogP contribution in [0, 0.1) is 20.8 Å². The average molecular weight is 357 g/mol. The van der Waals surface area contributed by atoms with Crippen LogP contribution in [0.3, 0.4) is 0 Å². The molecule has 5 nitrogen and oxygen atoms in total. The van der Waals surface area contributed by atoms with E-state index in [0.29, 0.717) is 11.5 Å². The molecule has 0 bridgehead atoms. The third-order valence-corrected chi connectivity index (χ3v) is 4.40. The van der Waals surface area contributed by atoms with E-state index in [2.05, 4.69) is 11.4 Å². The van der Waals surface area contributed by atoms with E-state index in [1.54, 1.807) is 14.2 Å². The second-order valence-corrected chi connectivity index (χ2v) is 6.39. The summed E-state index contributed by atoms with van der Waals surface area (Å²) in [6, 6.07) is 9.31. The van der Waals surface area contributed by atoms with E-state index < -0.39 is 0 Å². The Morgan fingerprint density at radius 3 is 2.42 bits per heavy atom. The minimum Gasteiger partial charge on any atom is -0.497 e. The minimum absolute atomic E-state index is 0.0413. The van der Waals surface area contributed by atoms with Gasteiger partial charge < -0.3 is 19.5 Å². The lowest BCUT2D eigenvalue weighted by Gasteiger charge is -2.19. The third-order valence-electron chi connectivity index (χ3n) is 4.40. The average Bonchev–Trinajstić information content (AvgIpc) is 2.62. The Kier molecular flexibility index (Phi) is 6.50. The lowest BCUT2D eigenvalue weighted by Crippen LogP contribution is -2.31. The van der Waals surface area contributed by atoms with Gasteiger partial charge in [0.25, 0.3) is 5.91 Å². The highest BCUT2D eigenvalue weighted by atomic mass is 16.5. The molecule has 5 heteroatoms. The van der Waals surface area contributed by atoms with Crippen molar-refractivity contribution in [3.05, 3.63) is 52.6 Å². The number of hydrogen-bond acceptors (Lipinski definition) is 4. The SMILES string of the molecule is COc1ccc(OC)c([C@H](C)NC(=O)COc2cc(C)cc(C)c2C)c1. The summed E-state index contributed by atoms with van der Waals surface area (Å²) >= 11 is 0. The van der Waals surface area contributed by atoms with Gasteiger partial charge in [0.2, 0.25) is 0 Å². The molecule has 0 heterocycles. The molecule has 0 unspecified atom stereocenters. The summed E-state index contributed by atoms with van der Waals surface area (Å²) in [7, 11) is 3.21. The lowest BCUT2D eigenvalue weighted by atomic mass is 10.1. The van der Waals surface area contributed by atoms with E-state index in [1.165, 1.54) is 0 Å². The Morgan fingerprint density at radius 1 is 1.04 bits per heavy atom. The van der Waals surface area contributed by atoms with E-state index in [9.17, 15) is 4.79 Å². The standard InChI is InChI=1S/C21H27NO4/c1-13-9-14(2)15(3)20(10-13)26-12-21(23)22-16(4)18-11-17(24-5)7-8-19(18)25-6/h7-11,16H,12H2,1-6H3,(H,22,23)/t16-/m0/s1. The van der Waals surface area contributed by atoms with E-state index in [1.807, 2.05) is 52.0 Å². The largest absolute Gasteiger partial charge is 0.497 e. The summed E-state index contributed by atoms with van der Waals surface area (Å²) in [6.45, 7) is 7.90. The predicted molar refractivity (Wildman–Crippen MR) is 102 cm³/mol. The highest BCUT2D eigenvalue weighted by Gasteiger charge is 2.16. The van der Waals surface area contributed by atoms with Crippen molar-refractivity contribution in [1.29, 1.82) is 0 Å². The van der Waals surface area contributed by atoms with Crippen molar-refractivity contribution in [3.8, 4) is 17.2 Å². The summed E-state index contributed by atoms with van der Waals surface area (Å²) in [5.74, 6) is 1.96. The molecule has 2 aromatic carbocycles. The first-order chi connectivity index (χ1) is 12.3. The van der Waals surface area contributed by atoms with Crippen LogP contribution in [0.5, 0.6) is 17.2 Å². The van der Waals surface area contributed by atoms with Crippen molar-refractivity contribution < 1.29 is 19.0 Å². The van der Waals surface area contributed by atoms with Gasteiger partial charge in [-0.25, -0.2) is 0 Å². The van der Waals surface area contributed by atoms with E-state index in [4.69, 9.17) is 14.2 Å². The van der Waals surface area contributed by atoms with Crippen LogP contribution < -0.4 is 19.5 Å². The van der Waals surface area contributed by atoms with Crippen LogP contribution in [0.2, 0.25) is 0 Å². The van der Waals surface area contributed by atoms with Gasteiger partial charge in [-0.1, -0.05) is 6.07 Å². The maximum absolute atomic E-state index is 12.3. The molecular weight excluding hydrogens is 330 g/mol. The van der Waals surface area contributed by atoms with Crippen LogP contribution in [0.1, 0.15) is 35.2 Å². The van der Waals surface area contributed by atoms with Gasteiger partial charge >= 0.3 is 0 Å². The third kappa shape index (κ3) is 4.69. The van der Waals surface area contributed by atoms with Crippen molar-refractivity contribution in [2.45, 2.75) is 33.7 Å². The Hall–Kier alpha value is -2.69. The van der Waals surface area contributed by atoms with Crippen molar-refractivity contribution in [2.24, 2.45) is 0 Å². The number of carbonyl (C=O) groups is 1. The molecule has 1 N–H and O–H groups in total. The molecule has 2 rings (SSSR count). The van der Waals surface area contributed by atoms with Crippen LogP contribution in [0.4, 0.5) is 0 Å². The van der Waals surface area contributed by atoms with Gasteiger partial charge in [0.1, 0.15) is 17.2 Å². The van der Waals surface area contributed by atoms with Crippen molar-refractivity contribution in [3.63, 3.8) is 0 Å². The monoisotopic (exact) mass is 357 g/mol. The Labute approximate surface area is 155 Å². The molecule has 1 amide bonds. The second kappa shape index (κ2) is 8.61. The molecule has 0 aromatic heterocycles. The molecule has 1 atom stereocenters. The van der Waals surface area contributed by atoms with E-state index in [-0.39, 0.29) is 18.6 Å². The zero-order valence-electron chi connectivity index (χ0n) is 16.3. The zero-order valence-corrected chi connectivity index (χ0v) is 16.3. The number of nitrogens with one attached hydrogen (secondary N) is 1. The number of methoxy groups -OCH3 is 2. The Morgan fingerprint density at radius 2 is 1.77 bits per heavy atom. The molecular formula is C21H27NO4. The molecule has 140 valence electrons. The second-order valence-electron chi connectivity index (χ2n) is 6.39. The normalized spacial score (nSPS) is 11.6. The molecule has 0 radical (unpaired) electrons. The fourth-order valence-electron chi connectivity index (χ4n) is 2.83. The van der Waals surface area contributed by atoms with Crippen LogP contribution >= 0.6 is 0 Å². The summed E-state index contributed by atoms with van der Waals surface area (Å²) in [6.07, 6.45) is 0. The van der Waals surface area contributed by atoms with Crippen LogP contribution in [0.15, 0.2) is 30.3 Å². The van der Waals surface area contributed by atoms with Gasteiger partial charge in [-0.05, 0) is 68.7 Å². The van der Waals surface area contributed by atoms with Gasteiger partial charge in [0, 0.05) is 5.56 Å². The molecule has 0 saturated carbocycles. The predicted octanol–water partition coefficient (Wildman–Crippen LogP) is 3.89. The van der Waals surface area contributed by atoms with Gasteiger partial charge in [-0.15, -0.1) is 0 Å². The highest BCUT2D eigenvalue weighted by molar-refractivity contribution is 5.78. The first-order valence-corrected chi connectivity index (χ1v) is 8.57. The number of benzene rings is 2. The lowest BCUT2D eigenvalue weighted by molar-refractivity contribution is -0.123. The summed E-state index contributed by atoms with van der Waals surface area (Å²) < 4.78 is 16.4. The van der Waals surface area contributed by atoms with E-state index >= 15 is 0 Å². The van der Waals surface area contributed by atoms with Crippen LogP contribution in [-0.4, -0.2) is 26.7 Å². The fraction of sp³-hybridized carbons (Fsp3) is 0.381. The Balaban J connectivity index is 2.04. The molecule has 0 aliphatic carbocycles. The quantitative estimate of drug-likeness (QED) is 0.817. The molecule has 0 aliphatic rings. The van der Waals surface area contributed by atoms with E-state index in [0.717, 1.165) is 28.0 Å². The summed E-state index contributed by atoms with van der Waals surface area (Å²) in [4.78, 5) is 12.3. The first-order valence-electron chi connectivity index (χ1n) is 8.57. The van der Waals surface area contributed by atoms with Crippen molar-refractivity contribution >= 4 is 5.91 Å². The number of amides is 1. The maximum Gasteiger partial charge on any atom is 0.258 e.